The van der Waals surface area contributed by atoms with E-state index in [-0.39, 0.29) is 0 Å². The molecular weight excluding hydrogens is 379 g/mol. The molecule has 1 aromatic heterocycles. The van der Waals surface area contributed by atoms with Gasteiger partial charge in [0.25, 0.3) is 6.01 Å². The molecule has 0 amide bonds. The molecule has 3 aromatic carbocycles. The summed E-state index contributed by atoms with van der Waals surface area (Å²) >= 11 is 11.9. The number of oxazole rings is 1. The maximum Gasteiger partial charge on any atom is 0.299 e. The zero-order chi connectivity index (χ0) is 18.6. The molecular formula is C22H16Cl2N2O. The zero-order valence-electron chi connectivity index (χ0n) is 14.3. The van der Waals surface area contributed by atoms with E-state index in [1.807, 2.05) is 78.9 Å². The van der Waals surface area contributed by atoms with Crippen LogP contribution >= 0.6 is 23.2 Å². The van der Waals surface area contributed by atoms with Crippen LogP contribution in [0.25, 0.3) is 11.3 Å². The number of nitrogens with zero attached hydrogens (tertiary/aromatic N) is 1. The van der Waals surface area contributed by atoms with E-state index in [2.05, 4.69) is 10.3 Å². The third-order valence-corrected chi connectivity index (χ3v) is 4.62. The fourth-order valence-electron chi connectivity index (χ4n) is 2.79. The smallest absolute Gasteiger partial charge is 0.299 e. The summed E-state index contributed by atoms with van der Waals surface area (Å²) in [6, 6.07) is 25.6. The minimum Gasteiger partial charge on any atom is -0.423 e. The summed E-state index contributed by atoms with van der Waals surface area (Å²) in [7, 11) is 0. The van der Waals surface area contributed by atoms with Crippen LogP contribution in [0.3, 0.4) is 0 Å². The van der Waals surface area contributed by atoms with Gasteiger partial charge in [-0.2, -0.15) is 4.98 Å². The lowest BCUT2D eigenvalue weighted by molar-refractivity contribution is 0.591. The topological polar surface area (TPSA) is 38.1 Å². The summed E-state index contributed by atoms with van der Waals surface area (Å²) in [6.45, 7) is 0. The average molecular weight is 395 g/mol. The van der Waals surface area contributed by atoms with Gasteiger partial charge >= 0.3 is 0 Å². The van der Waals surface area contributed by atoms with Crippen molar-refractivity contribution >= 4 is 34.9 Å². The average Bonchev–Trinajstić information content (AvgIpc) is 3.08. The van der Waals surface area contributed by atoms with E-state index in [1.54, 1.807) is 0 Å². The fourth-order valence-corrected chi connectivity index (χ4v) is 3.04. The van der Waals surface area contributed by atoms with Gasteiger partial charge < -0.3 is 9.73 Å². The van der Waals surface area contributed by atoms with E-state index in [9.17, 15) is 0 Å². The summed E-state index contributed by atoms with van der Waals surface area (Å²) < 4.78 is 6.05. The van der Waals surface area contributed by atoms with Crippen molar-refractivity contribution in [3.63, 3.8) is 0 Å². The number of aromatic nitrogens is 1. The second-order valence-electron chi connectivity index (χ2n) is 6.10. The fraction of sp³-hybridized carbons (Fsp3) is 0.0455. The number of hydrogen-bond donors (Lipinski definition) is 1. The molecule has 3 nitrogen and oxygen atoms in total. The first-order valence-electron chi connectivity index (χ1n) is 8.49. The monoisotopic (exact) mass is 394 g/mol. The third kappa shape index (κ3) is 4.33. The Morgan fingerprint density at radius 3 is 2.07 bits per heavy atom. The molecule has 0 unspecified atom stereocenters. The van der Waals surface area contributed by atoms with Crippen molar-refractivity contribution in [3.05, 3.63) is 100 Å². The Morgan fingerprint density at radius 1 is 0.778 bits per heavy atom. The summed E-state index contributed by atoms with van der Waals surface area (Å²) in [5.41, 5.74) is 3.82. The Labute approximate surface area is 167 Å². The van der Waals surface area contributed by atoms with Crippen molar-refractivity contribution in [2.24, 2.45) is 0 Å². The molecule has 0 aliphatic rings. The molecule has 0 aliphatic heterocycles. The maximum absolute atomic E-state index is 6.05. The van der Waals surface area contributed by atoms with Gasteiger partial charge in [0.15, 0.2) is 5.76 Å². The highest BCUT2D eigenvalue weighted by Gasteiger charge is 2.16. The predicted molar refractivity (Wildman–Crippen MR) is 111 cm³/mol. The first-order valence-corrected chi connectivity index (χ1v) is 9.25. The third-order valence-electron chi connectivity index (χ3n) is 4.11. The number of anilines is 2. The first kappa shape index (κ1) is 17.7. The van der Waals surface area contributed by atoms with Crippen LogP contribution in [-0.2, 0) is 6.42 Å². The van der Waals surface area contributed by atoms with Crippen LogP contribution in [0.1, 0.15) is 11.3 Å². The van der Waals surface area contributed by atoms with Gasteiger partial charge in [0.1, 0.15) is 0 Å². The van der Waals surface area contributed by atoms with Gasteiger partial charge in [0.05, 0.1) is 5.69 Å². The van der Waals surface area contributed by atoms with Crippen LogP contribution in [0.15, 0.2) is 83.3 Å². The van der Waals surface area contributed by atoms with Gasteiger partial charge in [-0.1, -0.05) is 65.7 Å². The molecule has 1 N–H and O–H groups in total. The van der Waals surface area contributed by atoms with Crippen molar-refractivity contribution in [1.29, 1.82) is 0 Å². The lowest BCUT2D eigenvalue weighted by Crippen LogP contribution is -1.93. The summed E-state index contributed by atoms with van der Waals surface area (Å²) in [6.07, 6.45) is 0.646. The highest BCUT2D eigenvalue weighted by Crippen LogP contribution is 2.30. The molecule has 0 saturated carbocycles. The van der Waals surface area contributed by atoms with Crippen LogP contribution < -0.4 is 5.32 Å². The molecule has 0 bridgehead atoms. The molecule has 0 spiro atoms. The predicted octanol–water partition coefficient (Wildman–Crippen LogP) is 6.98. The van der Waals surface area contributed by atoms with Gasteiger partial charge in [-0.05, 0) is 42.0 Å². The molecule has 0 saturated heterocycles. The Bertz CT molecular complexity index is 1030. The largest absolute Gasteiger partial charge is 0.423 e. The van der Waals surface area contributed by atoms with Crippen LogP contribution in [0, 0.1) is 0 Å². The molecule has 0 radical (unpaired) electrons. The van der Waals surface area contributed by atoms with Crippen LogP contribution in [-0.4, -0.2) is 4.98 Å². The van der Waals surface area contributed by atoms with Crippen LogP contribution in [0.4, 0.5) is 11.7 Å². The zero-order valence-corrected chi connectivity index (χ0v) is 15.8. The maximum atomic E-state index is 6.05. The molecule has 1 heterocycles. The minimum absolute atomic E-state index is 0.445. The molecule has 134 valence electrons. The summed E-state index contributed by atoms with van der Waals surface area (Å²) in [5, 5.41) is 4.60. The SMILES string of the molecule is Clc1ccc(Cc2nc(Nc3ccc(Cl)cc3)oc2-c2ccccc2)cc1. The number of nitrogens with one attached hydrogen (secondary N) is 1. The van der Waals surface area contributed by atoms with E-state index >= 15 is 0 Å². The molecule has 0 aliphatic carbocycles. The van der Waals surface area contributed by atoms with Crippen molar-refractivity contribution < 1.29 is 4.42 Å². The van der Waals surface area contributed by atoms with Gasteiger partial charge in [-0.15, -0.1) is 0 Å². The Kier molecular flexibility index (Phi) is 5.14. The number of benzene rings is 3. The highest BCUT2D eigenvalue weighted by molar-refractivity contribution is 6.30. The van der Waals surface area contributed by atoms with Crippen molar-refractivity contribution in [3.8, 4) is 11.3 Å². The number of rotatable bonds is 5. The molecule has 0 fully saturated rings. The van der Waals surface area contributed by atoms with E-state index in [1.165, 1.54) is 0 Å². The molecule has 4 rings (SSSR count). The quantitative estimate of drug-likeness (QED) is 0.396. The van der Waals surface area contributed by atoms with Crippen LogP contribution in [0.2, 0.25) is 10.0 Å². The number of halogens is 2. The normalized spacial score (nSPS) is 10.7. The lowest BCUT2D eigenvalue weighted by atomic mass is 10.1. The second-order valence-corrected chi connectivity index (χ2v) is 6.97. The van der Waals surface area contributed by atoms with Gasteiger partial charge in [-0.3, -0.25) is 0 Å². The van der Waals surface area contributed by atoms with Crippen molar-refractivity contribution in [1.82, 2.24) is 4.98 Å². The Balaban J connectivity index is 1.68. The second kappa shape index (κ2) is 7.87. The van der Waals surface area contributed by atoms with E-state index < -0.39 is 0 Å². The van der Waals surface area contributed by atoms with Gasteiger partial charge in [-0.25, -0.2) is 0 Å². The molecule has 4 aromatic rings. The Hall–Kier alpha value is -2.75. The molecule has 5 heteroatoms. The van der Waals surface area contributed by atoms with Crippen molar-refractivity contribution in [2.45, 2.75) is 6.42 Å². The molecule has 0 atom stereocenters. The summed E-state index contributed by atoms with van der Waals surface area (Å²) in [4.78, 5) is 4.68. The van der Waals surface area contributed by atoms with E-state index in [0.717, 1.165) is 28.3 Å². The standard InChI is InChI=1S/C22H16Cl2N2O/c23-17-8-6-15(7-9-17)14-20-21(16-4-2-1-3-5-16)27-22(26-20)25-19-12-10-18(24)11-13-19/h1-13H,14H2,(H,25,26). The number of hydrogen-bond acceptors (Lipinski definition) is 3. The highest BCUT2D eigenvalue weighted by atomic mass is 35.5. The van der Waals surface area contributed by atoms with E-state index in [0.29, 0.717) is 22.5 Å². The minimum atomic E-state index is 0.445. The lowest BCUT2D eigenvalue weighted by Gasteiger charge is -2.02. The molecule has 27 heavy (non-hydrogen) atoms. The van der Waals surface area contributed by atoms with Crippen molar-refractivity contribution in [2.75, 3.05) is 5.32 Å². The first-order chi connectivity index (χ1) is 13.2. The van der Waals surface area contributed by atoms with E-state index in [4.69, 9.17) is 27.6 Å². The van der Waals surface area contributed by atoms with Gasteiger partial charge in [0, 0.05) is 27.7 Å². The van der Waals surface area contributed by atoms with Gasteiger partial charge in [0.2, 0.25) is 0 Å². The Morgan fingerprint density at radius 2 is 1.41 bits per heavy atom. The van der Waals surface area contributed by atoms with Crippen LogP contribution in [0.5, 0.6) is 0 Å². The summed E-state index contributed by atoms with van der Waals surface area (Å²) in [5.74, 6) is 0.752.